The van der Waals surface area contributed by atoms with E-state index in [0.29, 0.717) is 12.8 Å². The third-order valence-electron chi connectivity index (χ3n) is 1.74. The first-order chi connectivity index (χ1) is 5.74. The van der Waals surface area contributed by atoms with E-state index in [2.05, 4.69) is 14.7 Å². The number of carbonyl (C=O) groups excluding carboxylic acids is 1. The number of methoxy groups -OCH3 is 1. The average Bonchev–Trinajstić information content (AvgIpc) is 2.47. The Labute approximate surface area is 71.0 Å². The molecule has 1 heterocycles. The molecule has 0 aliphatic carbocycles. The van der Waals surface area contributed by atoms with Gasteiger partial charge in [0, 0.05) is 5.69 Å². The molecule has 0 saturated carbocycles. The highest BCUT2D eigenvalue weighted by Crippen LogP contribution is 2.03. The maximum absolute atomic E-state index is 10.8. The molecule has 1 N–H and O–H groups in total. The number of nitrogens with zero attached hydrogens (tertiary/aromatic N) is 1. The molecule has 1 rings (SSSR count). The summed E-state index contributed by atoms with van der Waals surface area (Å²) in [6.07, 6.45) is 2.69. The van der Waals surface area contributed by atoms with E-state index in [-0.39, 0.29) is 5.97 Å². The molecular formula is C8H12N2O2. The zero-order valence-corrected chi connectivity index (χ0v) is 7.26. The van der Waals surface area contributed by atoms with Gasteiger partial charge in [0.2, 0.25) is 0 Å². The number of nitrogens with one attached hydrogen (secondary N) is 1. The van der Waals surface area contributed by atoms with Crippen molar-refractivity contribution < 1.29 is 9.53 Å². The van der Waals surface area contributed by atoms with Crippen LogP contribution in [0.25, 0.3) is 0 Å². The topological polar surface area (TPSA) is 55.0 Å². The molecule has 0 unspecified atom stereocenters. The Kier molecular flexibility index (Phi) is 2.85. The Morgan fingerprint density at radius 1 is 1.75 bits per heavy atom. The number of aromatic amines is 1. The molecule has 0 radical (unpaired) electrons. The van der Waals surface area contributed by atoms with Crippen molar-refractivity contribution in [1.82, 2.24) is 9.97 Å². The molecule has 0 saturated heterocycles. The first-order valence-corrected chi connectivity index (χ1v) is 3.79. The number of carbonyl (C=O) groups is 1. The van der Waals surface area contributed by atoms with E-state index in [1.807, 2.05) is 6.92 Å². The molecule has 1 aromatic rings. The average molecular weight is 168 g/mol. The van der Waals surface area contributed by atoms with Crippen molar-refractivity contribution in [2.75, 3.05) is 7.11 Å². The first-order valence-electron chi connectivity index (χ1n) is 3.79. The molecule has 0 atom stereocenters. The molecule has 0 spiro atoms. The van der Waals surface area contributed by atoms with Crippen molar-refractivity contribution in [3.8, 4) is 0 Å². The molecule has 0 aliphatic rings. The van der Waals surface area contributed by atoms with E-state index in [9.17, 15) is 4.79 Å². The minimum atomic E-state index is -0.191. The van der Waals surface area contributed by atoms with Gasteiger partial charge in [0.1, 0.15) is 0 Å². The van der Waals surface area contributed by atoms with Crippen LogP contribution in [0.2, 0.25) is 0 Å². The van der Waals surface area contributed by atoms with Gasteiger partial charge < -0.3 is 9.72 Å². The maximum Gasteiger partial charge on any atom is 0.305 e. The summed E-state index contributed by atoms with van der Waals surface area (Å²) in [7, 11) is 1.39. The van der Waals surface area contributed by atoms with E-state index < -0.39 is 0 Å². The van der Waals surface area contributed by atoms with E-state index in [1.165, 1.54) is 7.11 Å². The molecule has 0 fully saturated rings. The van der Waals surface area contributed by atoms with Gasteiger partial charge in [-0.3, -0.25) is 4.79 Å². The van der Waals surface area contributed by atoms with Gasteiger partial charge in [0.05, 0.1) is 25.6 Å². The predicted octanol–water partition coefficient (Wildman–Crippen LogP) is 0.824. The van der Waals surface area contributed by atoms with E-state index in [0.717, 1.165) is 11.4 Å². The maximum atomic E-state index is 10.8. The molecule has 66 valence electrons. The van der Waals surface area contributed by atoms with Crippen molar-refractivity contribution >= 4 is 5.97 Å². The number of rotatable bonds is 3. The van der Waals surface area contributed by atoms with Crippen LogP contribution in [-0.2, 0) is 16.0 Å². The zero-order chi connectivity index (χ0) is 8.97. The smallest absolute Gasteiger partial charge is 0.305 e. The van der Waals surface area contributed by atoms with E-state index in [1.54, 1.807) is 6.33 Å². The largest absolute Gasteiger partial charge is 0.469 e. The summed E-state index contributed by atoms with van der Waals surface area (Å²) in [5, 5.41) is 0. The summed E-state index contributed by atoms with van der Waals surface area (Å²) < 4.78 is 4.52. The van der Waals surface area contributed by atoms with Gasteiger partial charge in [-0.15, -0.1) is 0 Å². The number of ether oxygens (including phenoxy) is 1. The number of imidazole rings is 1. The zero-order valence-electron chi connectivity index (χ0n) is 7.26. The molecule has 0 amide bonds. The van der Waals surface area contributed by atoms with Gasteiger partial charge >= 0.3 is 5.97 Å². The molecule has 4 heteroatoms. The number of hydrogen-bond donors (Lipinski definition) is 1. The van der Waals surface area contributed by atoms with Crippen LogP contribution in [0, 0.1) is 6.92 Å². The molecule has 0 bridgehead atoms. The monoisotopic (exact) mass is 168 g/mol. The van der Waals surface area contributed by atoms with Crippen LogP contribution in [0.5, 0.6) is 0 Å². The third-order valence-corrected chi connectivity index (χ3v) is 1.74. The van der Waals surface area contributed by atoms with Crippen LogP contribution in [0.4, 0.5) is 0 Å². The van der Waals surface area contributed by atoms with Crippen molar-refractivity contribution in [2.45, 2.75) is 19.8 Å². The van der Waals surface area contributed by atoms with Crippen LogP contribution >= 0.6 is 0 Å². The van der Waals surface area contributed by atoms with Gasteiger partial charge in [0.15, 0.2) is 0 Å². The van der Waals surface area contributed by atoms with E-state index in [4.69, 9.17) is 0 Å². The molecule has 0 aliphatic heterocycles. The molecule has 0 aromatic carbocycles. The SMILES string of the molecule is COC(=O)CCc1[nH]cnc1C. The molecule has 4 nitrogen and oxygen atoms in total. The van der Waals surface area contributed by atoms with Crippen molar-refractivity contribution in [3.63, 3.8) is 0 Å². The van der Waals surface area contributed by atoms with Crippen molar-refractivity contribution in [2.24, 2.45) is 0 Å². The Hall–Kier alpha value is -1.32. The van der Waals surface area contributed by atoms with Gasteiger partial charge in [0.25, 0.3) is 0 Å². The van der Waals surface area contributed by atoms with Crippen LogP contribution in [0.15, 0.2) is 6.33 Å². The van der Waals surface area contributed by atoms with Crippen LogP contribution in [-0.4, -0.2) is 23.0 Å². The van der Waals surface area contributed by atoms with Crippen LogP contribution < -0.4 is 0 Å². The van der Waals surface area contributed by atoms with Gasteiger partial charge in [-0.1, -0.05) is 0 Å². The van der Waals surface area contributed by atoms with Gasteiger partial charge in [-0.25, -0.2) is 4.98 Å². The fourth-order valence-corrected chi connectivity index (χ4v) is 0.972. The fourth-order valence-electron chi connectivity index (χ4n) is 0.972. The quantitative estimate of drug-likeness (QED) is 0.680. The number of esters is 1. The lowest BCUT2D eigenvalue weighted by atomic mass is 10.2. The summed E-state index contributed by atoms with van der Waals surface area (Å²) in [6, 6.07) is 0. The van der Waals surface area contributed by atoms with Crippen molar-refractivity contribution in [3.05, 3.63) is 17.7 Å². The Morgan fingerprint density at radius 3 is 3.00 bits per heavy atom. The highest BCUT2D eigenvalue weighted by molar-refractivity contribution is 5.69. The second-order valence-corrected chi connectivity index (χ2v) is 2.54. The third kappa shape index (κ3) is 2.08. The number of H-pyrrole nitrogens is 1. The van der Waals surface area contributed by atoms with Crippen LogP contribution in [0.3, 0.4) is 0 Å². The molecule has 1 aromatic heterocycles. The highest BCUT2D eigenvalue weighted by atomic mass is 16.5. The summed E-state index contributed by atoms with van der Waals surface area (Å²) >= 11 is 0. The second kappa shape index (κ2) is 3.90. The minimum absolute atomic E-state index is 0.191. The Balaban J connectivity index is 2.43. The summed E-state index contributed by atoms with van der Waals surface area (Å²) in [5.41, 5.74) is 1.94. The Morgan fingerprint density at radius 2 is 2.50 bits per heavy atom. The number of hydrogen-bond acceptors (Lipinski definition) is 3. The summed E-state index contributed by atoms with van der Waals surface area (Å²) in [4.78, 5) is 17.7. The lowest BCUT2D eigenvalue weighted by Gasteiger charge is -1.97. The van der Waals surface area contributed by atoms with Gasteiger partial charge in [-0.2, -0.15) is 0 Å². The van der Waals surface area contributed by atoms with Crippen molar-refractivity contribution in [1.29, 1.82) is 0 Å². The predicted molar refractivity (Wildman–Crippen MR) is 43.7 cm³/mol. The second-order valence-electron chi connectivity index (χ2n) is 2.54. The molecule has 12 heavy (non-hydrogen) atoms. The first kappa shape index (κ1) is 8.77. The normalized spacial score (nSPS) is 9.83. The molecular weight excluding hydrogens is 156 g/mol. The lowest BCUT2D eigenvalue weighted by Crippen LogP contribution is -2.02. The minimum Gasteiger partial charge on any atom is -0.469 e. The number of aryl methyl sites for hydroxylation is 2. The number of aromatic nitrogens is 2. The summed E-state index contributed by atoms with van der Waals surface area (Å²) in [5.74, 6) is -0.191. The highest BCUT2D eigenvalue weighted by Gasteiger charge is 2.04. The van der Waals surface area contributed by atoms with Gasteiger partial charge in [-0.05, 0) is 13.3 Å². The lowest BCUT2D eigenvalue weighted by molar-refractivity contribution is -0.140. The fraction of sp³-hybridized carbons (Fsp3) is 0.500. The van der Waals surface area contributed by atoms with Crippen LogP contribution in [0.1, 0.15) is 17.8 Å². The summed E-state index contributed by atoms with van der Waals surface area (Å²) in [6.45, 7) is 1.91. The Bertz CT molecular complexity index is 268. The van der Waals surface area contributed by atoms with E-state index >= 15 is 0 Å². The standard InChI is InChI=1S/C8H12N2O2/c1-6-7(10-5-9-6)3-4-8(11)12-2/h5H,3-4H2,1-2H3,(H,9,10).